The van der Waals surface area contributed by atoms with Crippen LogP contribution >= 0.6 is 23.2 Å². The van der Waals surface area contributed by atoms with E-state index in [4.69, 9.17) is 23.2 Å². The lowest BCUT2D eigenvalue weighted by Gasteiger charge is -2.36. The van der Waals surface area contributed by atoms with E-state index >= 15 is 0 Å². The molecule has 2 aromatic rings. The molecule has 1 N–H and O–H groups in total. The third kappa shape index (κ3) is 3.76. The summed E-state index contributed by atoms with van der Waals surface area (Å²) in [6.45, 7) is 10.3. The number of aromatic nitrogens is 3. The highest BCUT2D eigenvalue weighted by atomic mass is 35.5. The molecule has 1 heterocycles. The van der Waals surface area contributed by atoms with Gasteiger partial charge in [0.1, 0.15) is 18.3 Å². The van der Waals surface area contributed by atoms with Gasteiger partial charge in [-0.15, -0.1) is 5.73 Å². The Hall–Kier alpha value is -1.36. The second-order valence-electron chi connectivity index (χ2n) is 6.38. The smallest absolute Gasteiger partial charge is 0.137 e. The van der Waals surface area contributed by atoms with Crippen molar-refractivity contribution in [3.05, 3.63) is 64.0 Å². The lowest BCUT2D eigenvalue weighted by molar-refractivity contribution is 0.0595. The molecule has 0 saturated carbocycles. The van der Waals surface area contributed by atoms with Gasteiger partial charge in [0.2, 0.25) is 0 Å². The molecule has 1 atom stereocenters. The summed E-state index contributed by atoms with van der Waals surface area (Å²) < 4.78 is 1.57. The molecule has 0 radical (unpaired) electrons. The molecule has 0 aliphatic heterocycles. The van der Waals surface area contributed by atoms with Gasteiger partial charge in [0, 0.05) is 15.6 Å². The zero-order chi connectivity index (χ0) is 17.3. The zero-order valence-electron chi connectivity index (χ0n) is 13.3. The number of benzene rings is 1. The minimum Gasteiger partial charge on any atom is -0.378 e. The molecule has 7 heteroatoms. The van der Waals surface area contributed by atoms with Crippen molar-refractivity contribution in [2.24, 2.45) is 0 Å². The Balaban J connectivity index is 2.66. The molecule has 0 bridgehead atoms. The maximum absolute atomic E-state index is 11.6. The molecule has 122 valence electrons. The van der Waals surface area contributed by atoms with E-state index in [1.165, 1.54) is 6.33 Å². The summed E-state index contributed by atoms with van der Waals surface area (Å²) in [7, 11) is -1.93. The average Bonchev–Trinajstić information content (AvgIpc) is 2.89. The van der Waals surface area contributed by atoms with Gasteiger partial charge in [0.05, 0.1) is 14.6 Å². The third-order valence-corrected chi connectivity index (χ3v) is 6.21. The summed E-state index contributed by atoms with van der Waals surface area (Å²) in [6.07, 6.45) is 2.98. The maximum Gasteiger partial charge on any atom is 0.137 e. The molecular formula is C16H19Cl2N3OSi. The first-order chi connectivity index (χ1) is 10.7. The van der Waals surface area contributed by atoms with Crippen LogP contribution in [0.1, 0.15) is 5.56 Å². The van der Waals surface area contributed by atoms with E-state index in [0.717, 1.165) is 5.20 Å². The van der Waals surface area contributed by atoms with Gasteiger partial charge in [-0.1, -0.05) is 55.5 Å². The molecule has 0 aliphatic rings. The number of halogens is 2. The quantitative estimate of drug-likeness (QED) is 0.640. The topological polar surface area (TPSA) is 50.9 Å². The molecule has 1 unspecified atom stereocenters. The van der Waals surface area contributed by atoms with Gasteiger partial charge in [0.25, 0.3) is 0 Å². The van der Waals surface area contributed by atoms with E-state index in [0.29, 0.717) is 15.6 Å². The van der Waals surface area contributed by atoms with E-state index in [1.807, 2.05) is 0 Å². The molecule has 0 aliphatic carbocycles. The van der Waals surface area contributed by atoms with Crippen LogP contribution in [0.4, 0.5) is 0 Å². The van der Waals surface area contributed by atoms with E-state index < -0.39 is 13.7 Å². The van der Waals surface area contributed by atoms with Crippen LogP contribution in [0.3, 0.4) is 0 Å². The van der Waals surface area contributed by atoms with Crippen molar-refractivity contribution in [2.45, 2.75) is 31.8 Å². The molecular weight excluding hydrogens is 349 g/mol. The van der Waals surface area contributed by atoms with Gasteiger partial charge >= 0.3 is 0 Å². The summed E-state index contributed by atoms with van der Waals surface area (Å²) in [5.41, 5.74) is 2.15. The van der Waals surface area contributed by atoms with E-state index in [2.05, 4.69) is 42.0 Å². The fourth-order valence-electron chi connectivity index (χ4n) is 2.70. The van der Waals surface area contributed by atoms with Crippen LogP contribution in [-0.4, -0.2) is 27.9 Å². The van der Waals surface area contributed by atoms with Crippen LogP contribution in [0.15, 0.2) is 48.4 Å². The SMILES string of the molecule is C=C=C(C(O)(Cn1cncn1)c1ccc(Cl)cc1Cl)[Si](C)(C)C. The van der Waals surface area contributed by atoms with Crippen LogP contribution in [0, 0.1) is 0 Å². The first kappa shape index (κ1) is 18.0. The van der Waals surface area contributed by atoms with Crippen molar-refractivity contribution in [3.63, 3.8) is 0 Å². The van der Waals surface area contributed by atoms with E-state index in [-0.39, 0.29) is 6.54 Å². The van der Waals surface area contributed by atoms with Gasteiger partial charge in [-0.2, -0.15) is 5.10 Å². The van der Waals surface area contributed by atoms with Gasteiger partial charge in [-0.3, -0.25) is 0 Å². The minimum absolute atomic E-state index is 0.177. The van der Waals surface area contributed by atoms with E-state index in [9.17, 15) is 5.11 Å². The zero-order valence-corrected chi connectivity index (χ0v) is 15.9. The van der Waals surface area contributed by atoms with Crippen molar-refractivity contribution in [2.75, 3.05) is 0 Å². The Labute approximate surface area is 147 Å². The largest absolute Gasteiger partial charge is 0.378 e. The molecule has 4 nitrogen and oxygen atoms in total. The summed E-state index contributed by atoms with van der Waals surface area (Å²) in [5, 5.41) is 17.4. The second kappa shape index (κ2) is 6.63. The molecule has 1 aromatic heterocycles. The lowest BCUT2D eigenvalue weighted by atomic mass is 9.93. The van der Waals surface area contributed by atoms with Crippen LogP contribution in [0.2, 0.25) is 29.7 Å². The van der Waals surface area contributed by atoms with E-state index in [1.54, 1.807) is 29.2 Å². The first-order valence-electron chi connectivity index (χ1n) is 7.10. The maximum atomic E-state index is 11.6. The third-order valence-electron chi connectivity index (χ3n) is 3.57. The van der Waals surface area contributed by atoms with Gasteiger partial charge < -0.3 is 5.11 Å². The fourth-order valence-corrected chi connectivity index (χ4v) is 5.25. The highest BCUT2D eigenvalue weighted by Crippen LogP contribution is 2.40. The first-order valence-corrected chi connectivity index (χ1v) is 11.4. The monoisotopic (exact) mass is 367 g/mol. The number of aliphatic hydroxyl groups is 1. The van der Waals surface area contributed by atoms with Crippen LogP contribution in [-0.2, 0) is 12.1 Å². The van der Waals surface area contributed by atoms with Crippen LogP contribution in [0.25, 0.3) is 0 Å². The van der Waals surface area contributed by atoms with Crippen molar-refractivity contribution in [3.8, 4) is 0 Å². The number of rotatable bonds is 5. The highest BCUT2D eigenvalue weighted by molar-refractivity contribution is 6.83. The van der Waals surface area contributed by atoms with Crippen molar-refractivity contribution >= 4 is 31.3 Å². The van der Waals surface area contributed by atoms with Crippen LogP contribution in [0.5, 0.6) is 0 Å². The van der Waals surface area contributed by atoms with Crippen LogP contribution < -0.4 is 0 Å². The van der Waals surface area contributed by atoms with Crippen molar-refractivity contribution in [1.29, 1.82) is 0 Å². The Kier molecular flexibility index (Phi) is 5.19. The van der Waals surface area contributed by atoms with Crippen molar-refractivity contribution in [1.82, 2.24) is 14.8 Å². The fraction of sp³-hybridized carbons (Fsp3) is 0.312. The molecule has 0 amide bonds. The predicted octanol–water partition coefficient (Wildman–Crippen LogP) is 4.06. The molecule has 0 spiro atoms. The second-order valence-corrected chi connectivity index (χ2v) is 12.2. The van der Waals surface area contributed by atoms with Crippen molar-refractivity contribution < 1.29 is 5.11 Å². The average molecular weight is 368 g/mol. The Bertz CT molecular complexity index is 749. The van der Waals surface area contributed by atoms with Gasteiger partial charge in [-0.25, -0.2) is 9.67 Å². The molecule has 1 aromatic carbocycles. The minimum atomic E-state index is -1.93. The standard InChI is InChI=1S/C16H19Cl2N3OSi/c1-5-15(23(2,3)4)16(22,9-21-11-19-10-20-21)13-7-6-12(17)8-14(13)18/h6-8,10-11,22H,1,9H2,2-4H3. The predicted molar refractivity (Wildman–Crippen MR) is 96.4 cm³/mol. The summed E-state index contributed by atoms with van der Waals surface area (Å²) in [5.74, 6) is 0. The number of hydrogen-bond donors (Lipinski definition) is 1. The number of nitrogens with zero attached hydrogens (tertiary/aromatic N) is 3. The molecule has 0 saturated heterocycles. The molecule has 2 rings (SSSR count). The number of hydrogen-bond acceptors (Lipinski definition) is 3. The molecule has 0 fully saturated rings. The summed E-state index contributed by atoms with van der Waals surface area (Å²) >= 11 is 12.4. The van der Waals surface area contributed by atoms with Gasteiger partial charge in [-0.05, 0) is 17.3 Å². The highest BCUT2D eigenvalue weighted by Gasteiger charge is 2.42. The Morgan fingerprint density at radius 2 is 2.09 bits per heavy atom. The molecule has 23 heavy (non-hydrogen) atoms. The Morgan fingerprint density at radius 3 is 2.57 bits per heavy atom. The lowest BCUT2D eigenvalue weighted by Crippen LogP contribution is -2.43. The Morgan fingerprint density at radius 1 is 1.39 bits per heavy atom. The summed E-state index contributed by atoms with van der Waals surface area (Å²) in [6, 6.07) is 5.06. The summed E-state index contributed by atoms with van der Waals surface area (Å²) in [4.78, 5) is 3.94. The normalized spacial score (nSPS) is 14.2. The van der Waals surface area contributed by atoms with Gasteiger partial charge in [0.15, 0.2) is 0 Å².